The summed E-state index contributed by atoms with van der Waals surface area (Å²) in [6.07, 6.45) is -0.718. The van der Waals surface area contributed by atoms with Gasteiger partial charge < -0.3 is 9.84 Å². The maximum Gasteiger partial charge on any atom is 0.282 e. The minimum absolute atomic E-state index is 0.0559. The molecule has 2 aromatic carbocycles. The van der Waals surface area contributed by atoms with Gasteiger partial charge in [-0.2, -0.15) is 0 Å². The van der Waals surface area contributed by atoms with E-state index in [1.54, 1.807) is 49.6 Å². The van der Waals surface area contributed by atoms with Crippen molar-refractivity contribution >= 4 is 17.4 Å². The zero-order valence-corrected chi connectivity index (χ0v) is 12.2. The van der Waals surface area contributed by atoms with E-state index in [1.807, 2.05) is 0 Å². The summed E-state index contributed by atoms with van der Waals surface area (Å²) in [5.74, 6) is 1.00. The third kappa shape index (κ3) is 3.96. The van der Waals surface area contributed by atoms with Gasteiger partial charge in [-0.25, -0.2) is 0 Å². The molecule has 2 rings (SSSR count). The maximum absolute atomic E-state index is 10.9. The van der Waals surface area contributed by atoms with Crippen LogP contribution in [0.25, 0.3) is 0 Å². The number of rotatable bonds is 6. The van der Waals surface area contributed by atoms with Crippen LogP contribution < -0.4 is 4.74 Å². The number of hydrogen-bond donors (Lipinski definition) is 1. The van der Waals surface area contributed by atoms with E-state index in [9.17, 15) is 15.2 Å². The van der Waals surface area contributed by atoms with Crippen molar-refractivity contribution < 1.29 is 14.8 Å². The first-order valence-corrected chi connectivity index (χ1v) is 7.28. The normalized spacial score (nSPS) is 11.9. The third-order valence-corrected chi connectivity index (χ3v) is 4.08. The van der Waals surface area contributed by atoms with Crippen LogP contribution in [0.4, 0.5) is 5.69 Å². The van der Waals surface area contributed by atoms with E-state index in [0.29, 0.717) is 16.4 Å². The van der Waals surface area contributed by atoms with Gasteiger partial charge in [0.25, 0.3) is 5.69 Å². The molecule has 0 bridgehead atoms. The summed E-state index contributed by atoms with van der Waals surface area (Å²) < 4.78 is 5.11. The summed E-state index contributed by atoms with van der Waals surface area (Å²) in [6, 6.07) is 13.7. The Morgan fingerprint density at radius 3 is 2.76 bits per heavy atom. The molecule has 21 heavy (non-hydrogen) atoms. The number of benzene rings is 2. The quantitative estimate of drug-likeness (QED) is 0.503. The molecular weight excluding hydrogens is 290 g/mol. The minimum atomic E-state index is -0.718. The first kappa shape index (κ1) is 15.3. The second kappa shape index (κ2) is 7.10. The van der Waals surface area contributed by atoms with Gasteiger partial charge >= 0.3 is 0 Å². The zero-order chi connectivity index (χ0) is 15.2. The van der Waals surface area contributed by atoms with Crippen molar-refractivity contribution in [2.24, 2.45) is 0 Å². The Hall–Kier alpha value is -2.05. The van der Waals surface area contributed by atoms with Gasteiger partial charge in [-0.3, -0.25) is 10.1 Å². The fourth-order valence-electron chi connectivity index (χ4n) is 1.84. The molecule has 0 saturated carbocycles. The first-order chi connectivity index (χ1) is 10.1. The van der Waals surface area contributed by atoms with Crippen LogP contribution in [0, 0.1) is 10.1 Å². The monoisotopic (exact) mass is 305 g/mol. The lowest BCUT2D eigenvalue weighted by Crippen LogP contribution is -2.01. The number of ether oxygens (including phenoxy) is 1. The molecule has 0 fully saturated rings. The summed E-state index contributed by atoms with van der Waals surface area (Å²) in [7, 11) is 1.56. The average Bonchev–Trinajstić information content (AvgIpc) is 2.52. The highest BCUT2D eigenvalue weighted by Gasteiger charge is 2.15. The number of nitrogens with zero attached hydrogens (tertiary/aromatic N) is 1. The summed E-state index contributed by atoms with van der Waals surface area (Å²) in [5, 5.41) is 21.1. The molecule has 6 heteroatoms. The predicted octanol–water partition coefficient (Wildman–Crippen LogP) is 3.43. The van der Waals surface area contributed by atoms with Crippen LogP contribution in [0.1, 0.15) is 11.7 Å². The molecule has 2 aromatic rings. The molecule has 110 valence electrons. The summed E-state index contributed by atoms with van der Waals surface area (Å²) in [6.45, 7) is 0. The fourth-order valence-corrected chi connectivity index (χ4v) is 2.84. The Bertz CT molecular complexity index is 633. The van der Waals surface area contributed by atoms with Gasteiger partial charge in [0.2, 0.25) is 0 Å². The van der Waals surface area contributed by atoms with Crippen LogP contribution in [0.2, 0.25) is 0 Å². The number of hydrogen-bond acceptors (Lipinski definition) is 5. The molecule has 0 spiro atoms. The minimum Gasteiger partial charge on any atom is -0.497 e. The van der Waals surface area contributed by atoms with Gasteiger partial charge in [-0.1, -0.05) is 24.3 Å². The van der Waals surface area contributed by atoms with Gasteiger partial charge in [0, 0.05) is 11.8 Å². The van der Waals surface area contributed by atoms with E-state index in [-0.39, 0.29) is 5.69 Å². The van der Waals surface area contributed by atoms with Crippen molar-refractivity contribution in [1.82, 2.24) is 0 Å². The highest BCUT2D eigenvalue weighted by Crippen LogP contribution is 2.32. The van der Waals surface area contributed by atoms with Crippen LogP contribution in [-0.4, -0.2) is 22.9 Å². The van der Waals surface area contributed by atoms with Gasteiger partial charge in [-0.15, -0.1) is 11.8 Å². The van der Waals surface area contributed by atoms with Crippen molar-refractivity contribution in [2.45, 2.75) is 11.0 Å². The lowest BCUT2D eigenvalue weighted by molar-refractivity contribution is -0.387. The molecule has 0 aliphatic carbocycles. The molecule has 1 atom stereocenters. The van der Waals surface area contributed by atoms with E-state index in [1.165, 1.54) is 17.8 Å². The fraction of sp³-hybridized carbons (Fsp3) is 0.200. The highest BCUT2D eigenvalue weighted by molar-refractivity contribution is 7.99. The van der Waals surface area contributed by atoms with Crippen LogP contribution in [0.5, 0.6) is 5.75 Å². The average molecular weight is 305 g/mol. The van der Waals surface area contributed by atoms with Gasteiger partial charge in [0.05, 0.1) is 23.0 Å². The Morgan fingerprint density at radius 2 is 2.05 bits per heavy atom. The lowest BCUT2D eigenvalue weighted by atomic mass is 10.1. The molecule has 0 aromatic heterocycles. The smallest absolute Gasteiger partial charge is 0.282 e. The van der Waals surface area contributed by atoms with Crippen LogP contribution in [0.15, 0.2) is 53.4 Å². The van der Waals surface area contributed by atoms with E-state index < -0.39 is 11.0 Å². The summed E-state index contributed by atoms with van der Waals surface area (Å²) in [4.78, 5) is 11.1. The highest BCUT2D eigenvalue weighted by atomic mass is 32.2. The molecule has 0 radical (unpaired) electrons. The summed E-state index contributed by atoms with van der Waals surface area (Å²) >= 11 is 1.26. The molecule has 0 saturated heterocycles. The van der Waals surface area contributed by atoms with Gasteiger partial charge in [0.15, 0.2) is 0 Å². The Morgan fingerprint density at radius 1 is 1.29 bits per heavy atom. The van der Waals surface area contributed by atoms with E-state index in [0.717, 1.165) is 5.56 Å². The standard InChI is InChI=1S/C15H15NO4S/c1-20-12-6-4-5-11(9-12)14(17)10-21-15-8-3-2-7-13(15)16(18)19/h2-9,14,17H,10H2,1H3. The number of para-hydroxylation sites is 1. The van der Waals surface area contributed by atoms with Crippen molar-refractivity contribution in [3.8, 4) is 5.75 Å². The molecular formula is C15H15NO4S. The largest absolute Gasteiger partial charge is 0.497 e. The van der Waals surface area contributed by atoms with Gasteiger partial charge in [-0.05, 0) is 23.8 Å². The molecule has 5 nitrogen and oxygen atoms in total. The number of aliphatic hydroxyl groups excluding tert-OH is 1. The first-order valence-electron chi connectivity index (χ1n) is 6.30. The van der Waals surface area contributed by atoms with Crippen LogP contribution >= 0.6 is 11.8 Å². The topological polar surface area (TPSA) is 72.6 Å². The number of thioether (sulfide) groups is 1. The van der Waals surface area contributed by atoms with E-state index in [2.05, 4.69) is 0 Å². The predicted molar refractivity (Wildman–Crippen MR) is 81.8 cm³/mol. The van der Waals surface area contributed by atoms with Crippen LogP contribution in [0.3, 0.4) is 0 Å². The number of aliphatic hydroxyl groups is 1. The molecule has 1 N–H and O–H groups in total. The second-order valence-corrected chi connectivity index (χ2v) is 5.39. The lowest BCUT2D eigenvalue weighted by Gasteiger charge is -2.12. The number of methoxy groups -OCH3 is 1. The van der Waals surface area contributed by atoms with E-state index >= 15 is 0 Å². The Balaban J connectivity index is 2.07. The molecule has 0 heterocycles. The SMILES string of the molecule is COc1cccc(C(O)CSc2ccccc2[N+](=O)[O-])c1. The van der Waals surface area contributed by atoms with Crippen LogP contribution in [-0.2, 0) is 0 Å². The maximum atomic E-state index is 10.9. The van der Waals surface area contributed by atoms with Crippen molar-refractivity contribution in [2.75, 3.05) is 12.9 Å². The van der Waals surface area contributed by atoms with Gasteiger partial charge in [0.1, 0.15) is 5.75 Å². The number of nitro groups is 1. The Kier molecular flexibility index (Phi) is 5.19. The molecule has 0 aliphatic heterocycles. The van der Waals surface area contributed by atoms with Crippen molar-refractivity contribution in [3.63, 3.8) is 0 Å². The van der Waals surface area contributed by atoms with E-state index in [4.69, 9.17) is 4.74 Å². The molecule has 1 unspecified atom stereocenters. The third-order valence-electron chi connectivity index (χ3n) is 2.94. The summed E-state index contributed by atoms with van der Waals surface area (Å²) in [5.41, 5.74) is 0.778. The second-order valence-electron chi connectivity index (χ2n) is 4.33. The Labute approximate surface area is 126 Å². The van der Waals surface area contributed by atoms with Crippen molar-refractivity contribution in [3.05, 3.63) is 64.2 Å². The van der Waals surface area contributed by atoms with Crippen molar-refractivity contribution in [1.29, 1.82) is 0 Å². The molecule has 0 aliphatic rings. The number of nitro benzene ring substituents is 1. The zero-order valence-electron chi connectivity index (χ0n) is 11.4. The molecule has 0 amide bonds.